The molecule has 0 bridgehead atoms. The van der Waals surface area contributed by atoms with Crippen LogP contribution >= 0.6 is 0 Å². The number of amides is 2. The van der Waals surface area contributed by atoms with E-state index in [4.69, 9.17) is 4.74 Å². The van der Waals surface area contributed by atoms with Crippen LogP contribution in [0.3, 0.4) is 0 Å². The Morgan fingerprint density at radius 1 is 1.11 bits per heavy atom. The van der Waals surface area contributed by atoms with Gasteiger partial charge in [0.2, 0.25) is 11.8 Å². The first-order valence-electron chi connectivity index (χ1n) is 9.84. The summed E-state index contributed by atoms with van der Waals surface area (Å²) in [4.78, 5) is 31.2. The van der Waals surface area contributed by atoms with Crippen LogP contribution in [0.4, 0.5) is 0 Å². The molecule has 0 N–H and O–H groups in total. The number of ether oxygens (including phenoxy) is 1. The van der Waals surface area contributed by atoms with Crippen molar-refractivity contribution in [3.63, 3.8) is 0 Å². The van der Waals surface area contributed by atoms with Crippen molar-refractivity contribution in [3.8, 4) is 5.75 Å². The van der Waals surface area contributed by atoms with Gasteiger partial charge < -0.3 is 14.5 Å². The molecule has 0 radical (unpaired) electrons. The molecule has 1 aromatic carbocycles. The van der Waals surface area contributed by atoms with E-state index < -0.39 is 0 Å². The van der Waals surface area contributed by atoms with Gasteiger partial charge in [0, 0.05) is 51.2 Å². The van der Waals surface area contributed by atoms with E-state index in [0.29, 0.717) is 19.6 Å². The SMILES string of the molecule is CC(C)(C)N1C[C@@H](C(=O)N2CCN(CCOc3ccccc3)CC2)CC1=O. The molecule has 0 spiro atoms. The predicted molar refractivity (Wildman–Crippen MR) is 105 cm³/mol. The summed E-state index contributed by atoms with van der Waals surface area (Å²) in [5.74, 6) is 0.929. The molecular weight excluding hydrogens is 342 g/mol. The highest BCUT2D eigenvalue weighted by Crippen LogP contribution is 2.27. The molecule has 2 heterocycles. The highest BCUT2D eigenvalue weighted by atomic mass is 16.5. The van der Waals surface area contributed by atoms with Crippen LogP contribution < -0.4 is 4.74 Å². The zero-order valence-electron chi connectivity index (χ0n) is 16.7. The van der Waals surface area contributed by atoms with Crippen LogP contribution in [0.25, 0.3) is 0 Å². The molecule has 6 nitrogen and oxygen atoms in total. The number of benzene rings is 1. The molecule has 0 saturated carbocycles. The fourth-order valence-corrected chi connectivity index (χ4v) is 3.78. The first-order chi connectivity index (χ1) is 12.8. The van der Waals surface area contributed by atoms with E-state index in [9.17, 15) is 9.59 Å². The maximum atomic E-state index is 12.8. The molecule has 3 rings (SSSR count). The van der Waals surface area contributed by atoms with E-state index in [-0.39, 0.29) is 23.3 Å². The number of hydrogen-bond donors (Lipinski definition) is 0. The minimum absolute atomic E-state index is 0.0950. The summed E-state index contributed by atoms with van der Waals surface area (Å²) in [6, 6.07) is 9.82. The second-order valence-corrected chi connectivity index (χ2v) is 8.40. The van der Waals surface area contributed by atoms with Gasteiger partial charge in [-0.2, -0.15) is 0 Å². The smallest absolute Gasteiger partial charge is 0.228 e. The summed E-state index contributed by atoms with van der Waals surface area (Å²) in [5.41, 5.74) is -0.219. The molecule has 1 atom stereocenters. The number of hydrogen-bond acceptors (Lipinski definition) is 4. The highest BCUT2D eigenvalue weighted by Gasteiger charge is 2.41. The quantitative estimate of drug-likeness (QED) is 0.791. The highest BCUT2D eigenvalue weighted by molar-refractivity contribution is 5.89. The molecule has 27 heavy (non-hydrogen) atoms. The summed E-state index contributed by atoms with van der Waals surface area (Å²) in [7, 11) is 0. The van der Waals surface area contributed by atoms with Crippen molar-refractivity contribution in [2.75, 3.05) is 45.9 Å². The Balaban J connectivity index is 1.41. The summed E-state index contributed by atoms with van der Waals surface area (Å²) in [6.07, 6.45) is 0.348. The van der Waals surface area contributed by atoms with E-state index in [1.807, 2.05) is 60.9 Å². The summed E-state index contributed by atoms with van der Waals surface area (Å²) >= 11 is 0. The van der Waals surface area contributed by atoms with Gasteiger partial charge in [-0.05, 0) is 32.9 Å². The molecule has 2 fully saturated rings. The van der Waals surface area contributed by atoms with Gasteiger partial charge in [-0.1, -0.05) is 18.2 Å². The van der Waals surface area contributed by atoms with Crippen molar-refractivity contribution in [3.05, 3.63) is 30.3 Å². The van der Waals surface area contributed by atoms with E-state index in [0.717, 1.165) is 38.5 Å². The summed E-state index contributed by atoms with van der Waals surface area (Å²) in [6.45, 7) is 11.3. The molecule has 148 valence electrons. The lowest BCUT2D eigenvalue weighted by Crippen LogP contribution is -2.51. The minimum Gasteiger partial charge on any atom is -0.492 e. The topological polar surface area (TPSA) is 53.1 Å². The van der Waals surface area contributed by atoms with E-state index in [1.165, 1.54) is 0 Å². The van der Waals surface area contributed by atoms with Crippen molar-refractivity contribution in [1.29, 1.82) is 0 Å². The molecule has 6 heteroatoms. The number of para-hydroxylation sites is 1. The van der Waals surface area contributed by atoms with Crippen molar-refractivity contribution >= 4 is 11.8 Å². The fourth-order valence-electron chi connectivity index (χ4n) is 3.78. The largest absolute Gasteiger partial charge is 0.492 e. The first-order valence-corrected chi connectivity index (χ1v) is 9.84. The van der Waals surface area contributed by atoms with Crippen LogP contribution in [-0.2, 0) is 9.59 Å². The van der Waals surface area contributed by atoms with Gasteiger partial charge >= 0.3 is 0 Å². The average Bonchev–Trinajstić information content (AvgIpc) is 3.05. The monoisotopic (exact) mass is 373 g/mol. The first kappa shape index (κ1) is 19.7. The Labute approximate surface area is 162 Å². The third kappa shape index (κ3) is 5.01. The van der Waals surface area contributed by atoms with Crippen molar-refractivity contribution < 1.29 is 14.3 Å². The molecule has 2 aliphatic rings. The van der Waals surface area contributed by atoms with Gasteiger partial charge in [-0.25, -0.2) is 0 Å². The Kier molecular flexibility index (Phi) is 6.05. The van der Waals surface area contributed by atoms with E-state index in [1.54, 1.807) is 0 Å². The Morgan fingerprint density at radius 3 is 2.37 bits per heavy atom. The Hall–Kier alpha value is -2.08. The van der Waals surface area contributed by atoms with Gasteiger partial charge in [0.25, 0.3) is 0 Å². The van der Waals surface area contributed by atoms with Crippen LogP contribution in [0.5, 0.6) is 5.75 Å². The van der Waals surface area contributed by atoms with Gasteiger partial charge in [0.05, 0.1) is 5.92 Å². The van der Waals surface area contributed by atoms with Crippen LogP contribution in [0.2, 0.25) is 0 Å². The second kappa shape index (κ2) is 8.30. The molecule has 2 aliphatic heterocycles. The fraction of sp³-hybridized carbons (Fsp3) is 0.619. The van der Waals surface area contributed by atoms with E-state index in [2.05, 4.69) is 4.90 Å². The lowest BCUT2D eigenvalue weighted by Gasteiger charge is -2.36. The lowest BCUT2D eigenvalue weighted by atomic mass is 10.1. The van der Waals surface area contributed by atoms with Crippen LogP contribution in [0.1, 0.15) is 27.2 Å². The number of rotatable bonds is 5. The number of carbonyl (C=O) groups excluding carboxylic acids is 2. The zero-order valence-corrected chi connectivity index (χ0v) is 16.7. The molecule has 1 aromatic rings. The van der Waals surface area contributed by atoms with Crippen molar-refractivity contribution in [2.45, 2.75) is 32.7 Å². The van der Waals surface area contributed by atoms with Crippen molar-refractivity contribution in [2.24, 2.45) is 5.92 Å². The van der Waals surface area contributed by atoms with Gasteiger partial charge in [-0.3, -0.25) is 14.5 Å². The summed E-state index contributed by atoms with van der Waals surface area (Å²) in [5, 5.41) is 0. The molecule has 0 aromatic heterocycles. The third-order valence-electron chi connectivity index (χ3n) is 5.39. The van der Waals surface area contributed by atoms with Crippen molar-refractivity contribution in [1.82, 2.24) is 14.7 Å². The molecule has 2 amide bonds. The summed E-state index contributed by atoms with van der Waals surface area (Å²) < 4.78 is 5.75. The molecule has 2 saturated heterocycles. The molecular formula is C21H31N3O3. The van der Waals surface area contributed by atoms with Crippen LogP contribution in [0.15, 0.2) is 30.3 Å². The number of carbonyl (C=O) groups is 2. The number of nitrogens with zero attached hydrogens (tertiary/aromatic N) is 3. The Morgan fingerprint density at radius 2 is 1.78 bits per heavy atom. The molecule has 0 aliphatic carbocycles. The maximum absolute atomic E-state index is 12.8. The van der Waals surface area contributed by atoms with Gasteiger partial charge in [0.1, 0.15) is 12.4 Å². The average molecular weight is 373 g/mol. The van der Waals surface area contributed by atoms with Crippen LogP contribution in [-0.4, -0.2) is 77.9 Å². The third-order valence-corrected chi connectivity index (χ3v) is 5.39. The lowest BCUT2D eigenvalue weighted by molar-refractivity contribution is -0.137. The number of likely N-dealkylation sites (tertiary alicyclic amines) is 1. The standard InChI is InChI=1S/C21H31N3O3/c1-21(2,3)24-16-17(15-19(24)25)20(26)23-11-9-22(10-12-23)13-14-27-18-7-5-4-6-8-18/h4-8,17H,9-16H2,1-3H3/t17-/m0/s1. The number of piperazine rings is 1. The Bertz CT molecular complexity index is 648. The minimum atomic E-state index is -0.219. The zero-order chi connectivity index (χ0) is 19.4. The second-order valence-electron chi connectivity index (χ2n) is 8.40. The maximum Gasteiger partial charge on any atom is 0.228 e. The normalized spacial score (nSPS) is 21.6. The predicted octanol–water partition coefficient (Wildman–Crippen LogP) is 1.86. The van der Waals surface area contributed by atoms with E-state index >= 15 is 0 Å². The molecule has 0 unspecified atom stereocenters. The van der Waals surface area contributed by atoms with Gasteiger partial charge in [0.15, 0.2) is 0 Å². The van der Waals surface area contributed by atoms with Crippen LogP contribution in [0, 0.1) is 5.92 Å². The van der Waals surface area contributed by atoms with Gasteiger partial charge in [-0.15, -0.1) is 0 Å².